The van der Waals surface area contributed by atoms with Crippen LogP contribution in [0.25, 0.3) is 0 Å². The van der Waals surface area contributed by atoms with Crippen molar-refractivity contribution in [3.63, 3.8) is 0 Å². The lowest BCUT2D eigenvalue weighted by Crippen LogP contribution is -2.28. The molecule has 2 rings (SSSR count). The summed E-state index contributed by atoms with van der Waals surface area (Å²) in [5.41, 5.74) is 1.50. The Morgan fingerprint density at radius 3 is 2.61 bits per heavy atom. The van der Waals surface area contributed by atoms with Gasteiger partial charge in [-0.1, -0.05) is 6.07 Å². The monoisotopic (exact) mass is 270 g/mol. The number of nitrogens with one attached hydrogen (secondary N) is 1. The first kappa shape index (κ1) is 13.3. The molecule has 0 unspecified atom stereocenters. The summed E-state index contributed by atoms with van der Waals surface area (Å²) < 4.78 is 28.1. The van der Waals surface area contributed by atoms with E-state index in [4.69, 9.17) is 9.88 Å². The van der Waals surface area contributed by atoms with E-state index in [9.17, 15) is 8.42 Å². The minimum Gasteiger partial charge on any atom is -0.382 e. The molecule has 0 aliphatic carbocycles. The van der Waals surface area contributed by atoms with E-state index in [-0.39, 0.29) is 4.90 Å². The summed E-state index contributed by atoms with van der Waals surface area (Å²) in [6.07, 6.45) is 1.86. The minimum absolute atomic E-state index is 0.180. The highest BCUT2D eigenvalue weighted by atomic mass is 32.2. The summed E-state index contributed by atoms with van der Waals surface area (Å²) in [5, 5.41) is 8.55. The van der Waals surface area contributed by atoms with E-state index in [1.165, 1.54) is 6.07 Å². The van der Waals surface area contributed by atoms with Crippen molar-refractivity contribution in [2.75, 3.05) is 18.5 Å². The number of hydrogen-bond acceptors (Lipinski definition) is 4. The summed E-state index contributed by atoms with van der Waals surface area (Å²) in [6.45, 7) is 3.25. The van der Waals surface area contributed by atoms with Crippen molar-refractivity contribution in [1.29, 1.82) is 0 Å². The molecule has 0 spiro atoms. The van der Waals surface area contributed by atoms with Crippen molar-refractivity contribution in [1.82, 2.24) is 0 Å². The topological polar surface area (TPSA) is 81.4 Å². The van der Waals surface area contributed by atoms with Gasteiger partial charge in [0.15, 0.2) is 0 Å². The van der Waals surface area contributed by atoms with Gasteiger partial charge in [-0.2, -0.15) is 0 Å². The Hall–Kier alpha value is -1.11. The fourth-order valence-corrected chi connectivity index (χ4v) is 2.95. The minimum atomic E-state index is -3.66. The van der Waals surface area contributed by atoms with Gasteiger partial charge in [-0.3, -0.25) is 0 Å². The van der Waals surface area contributed by atoms with Crippen molar-refractivity contribution < 1.29 is 13.2 Å². The van der Waals surface area contributed by atoms with Gasteiger partial charge >= 0.3 is 0 Å². The second-order valence-electron chi connectivity index (χ2n) is 4.50. The van der Waals surface area contributed by atoms with Gasteiger partial charge in [-0.15, -0.1) is 0 Å². The number of anilines is 1. The average molecular weight is 270 g/mol. The van der Waals surface area contributed by atoms with Crippen molar-refractivity contribution >= 4 is 15.7 Å². The van der Waals surface area contributed by atoms with Gasteiger partial charge in [0.1, 0.15) is 0 Å². The molecule has 1 aromatic rings. The highest BCUT2D eigenvalue weighted by Gasteiger charge is 2.17. The van der Waals surface area contributed by atoms with E-state index in [2.05, 4.69) is 5.32 Å². The zero-order chi connectivity index (χ0) is 13.2. The van der Waals surface area contributed by atoms with E-state index in [0.29, 0.717) is 11.6 Å². The molecule has 100 valence electrons. The summed E-state index contributed by atoms with van der Waals surface area (Å²) in [7, 11) is -3.66. The molecule has 1 aliphatic rings. The smallest absolute Gasteiger partial charge is 0.238 e. The Bertz CT molecular complexity index is 522. The molecular formula is C12H18N2O3S. The first-order valence-corrected chi connectivity index (χ1v) is 7.50. The molecule has 1 aliphatic heterocycles. The number of primary sulfonamides is 1. The second-order valence-corrected chi connectivity index (χ2v) is 6.03. The molecular weight excluding hydrogens is 252 g/mol. The number of benzene rings is 1. The van der Waals surface area contributed by atoms with Crippen LogP contribution in [-0.2, 0) is 14.8 Å². The lowest BCUT2D eigenvalue weighted by molar-refractivity contribution is 0.0904. The van der Waals surface area contributed by atoms with Crippen LogP contribution in [0.2, 0.25) is 0 Å². The molecule has 0 amide bonds. The molecule has 18 heavy (non-hydrogen) atoms. The third-order valence-electron chi connectivity index (χ3n) is 3.17. The van der Waals surface area contributed by atoms with Crippen molar-refractivity contribution in [3.8, 4) is 0 Å². The van der Waals surface area contributed by atoms with E-state index < -0.39 is 10.0 Å². The van der Waals surface area contributed by atoms with Crippen LogP contribution in [0.15, 0.2) is 23.1 Å². The largest absolute Gasteiger partial charge is 0.382 e. The molecule has 0 aromatic heterocycles. The second kappa shape index (κ2) is 5.26. The van der Waals surface area contributed by atoms with Crippen LogP contribution in [-0.4, -0.2) is 27.7 Å². The molecule has 0 atom stereocenters. The normalized spacial score (nSPS) is 17.7. The Labute approximate surface area is 107 Å². The van der Waals surface area contributed by atoms with Gasteiger partial charge in [0.05, 0.1) is 4.90 Å². The maximum absolute atomic E-state index is 11.4. The molecule has 1 heterocycles. The molecule has 1 saturated heterocycles. The van der Waals surface area contributed by atoms with Gasteiger partial charge in [-0.05, 0) is 37.5 Å². The quantitative estimate of drug-likeness (QED) is 0.865. The third kappa shape index (κ3) is 3.01. The van der Waals surface area contributed by atoms with Crippen molar-refractivity contribution in [2.24, 2.45) is 5.14 Å². The van der Waals surface area contributed by atoms with Crippen LogP contribution in [0.4, 0.5) is 5.69 Å². The molecule has 0 saturated carbocycles. The Kier molecular flexibility index (Phi) is 3.89. The number of ether oxygens (including phenoxy) is 1. The van der Waals surface area contributed by atoms with Gasteiger partial charge in [-0.25, -0.2) is 13.6 Å². The van der Waals surface area contributed by atoms with Crippen LogP contribution < -0.4 is 10.5 Å². The van der Waals surface area contributed by atoms with E-state index in [0.717, 1.165) is 31.7 Å². The zero-order valence-corrected chi connectivity index (χ0v) is 11.2. The Morgan fingerprint density at radius 2 is 2.00 bits per heavy atom. The lowest BCUT2D eigenvalue weighted by Gasteiger charge is -2.25. The first-order chi connectivity index (χ1) is 8.48. The highest BCUT2D eigenvalue weighted by Crippen LogP contribution is 2.24. The summed E-state index contributed by atoms with van der Waals surface area (Å²) in [4.78, 5) is 0.180. The molecule has 0 radical (unpaired) electrons. The molecule has 3 N–H and O–H groups in total. The summed E-state index contributed by atoms with van der Waals surface area (Å²) in [5.74, 6) is 0. The van der Waals surface area contributed by atoms with Crippen LogP contribution in [0, 0.1) is 6.92 Å². The van der Waals surface area contributed by atoms with Gasteiger partial charge in [0.25, 0.3) is 0 Å². The predicted molar refractivity (Wildman–Crippen MR) is 70.0 cm³/mol. The Morgan fingerprint density at radius 1 is 1.33 bits per heavy atom. The molecule has 6 heteroatoms. The first-order valence-electron chi connectivity index (χ1n) is 5.95. The van der Waals surface area contributed by atoms with Gasteiger partial charge in [0.2, 0.25) is 10.0 Å². The number of rotatable bonds is 3. The van der Waals surface area contributed by atoms with Crippen LogP contribution in [0.5, 0.6) is 0 Å². The number of nitrogens with two attached hydrogens (primary N) is 1. The van der Waals surface area contributed by atoms with E-state index >= 15 is 0 Å². The van der Waals surface area contributed by atoms with Crippen molar-refractivity contribution in [3.05, 3.63) is 23.8 Å². The fraction of sp³-hybridized carbons (Fsp3) is 0.500. The predicted octanol–water partition coefficient (Wildman–Crippen LogP) is 1.23. The molecule has 1 fully saturated rings. The van der Waals surface area contributed by atoms with Crippen LogP contribution >= 0.6 is 0 Å². The lowest BCUT2D eigenvalue weighted by atomic mass is 10.1. The Balaban J connectivity index is 2.23. The standard InChI is InChI=1S/C12H18N2O3S/c1-9-11(14-10-5-7-17-8-6-10)3-2-4-12(9)18(13,15)16/h2-4,10,14H,5-8H2,1H3,(H2,13,15,16). The number of sulfonamides is 1. The maximum atomic E-state index is 11.4. The highest BCUT2D eigenvalue weighted by molar-refractivity contribution is 7.89. The van der Waals surface area contributed by atoms with E-state index in [1.54, 1.807) is 13.0 Å². The van der Waals surface area contributed by atoms with Crippen LogP contribution in [0.1, 0.15) is 18.4 Å². The summed E-state index contributed by atoms with van der Waals surface area (Å²) >= 11 is 0. The average Bonchev–Trinajstić information content (AvgIpc) is 2.32. The van der Waals surface area contributed by atoms with Gasteiger partial charge < -0.3 is 10.1 Å². The van der Waals surface area contributed by atoms with Gasteiger partial charge in [0, 0.05) is 24.9 Å². The molecule has 1 aromatic carbocycles. The molecule has 0 bridgehead atoms. The summed E-state index contributed by atoms with van der Waals surface area (Å²) in [6, 6.07) is 5.43. The third-order valence-corrected chi connectivity index (χ3v) is 4.23. The van der Waals surface area contributed by atoms with Crippen LogP contribution in [0.3, 0.4) is 0 Å². The van der Waals surface area contributed by atoms with E-state index in [1.807, 2.05) is 6.07 Å². The maximum Gasteiger partial charge on any atom is 0.238 e. The number of hydrogen-bond donors (Lipinski definition) is 2. The van der Waals surface area contributed by atoms with Crippen molar-refractivity contribution in [2.45, 2.75) is 30.7 Å². The molecule has 5 nitrogen and oxygen atoms in total. The fourth-order valence-electron chi connectivity index (χ4n) is 2.14. The zero-order valence-electron chi connectivity index (χ0n) is 10.3. The SMILES string of the molecule is Cc1c(NC2CCOCC2)cccc1S(N)(=O)=O.